The summed E-state index contributed by atoms with van der Waals surface area (Å²) in [6, 6.07) is 17.0. The number of anilines is 2. The van der Waals surface area contributed by atoms with Crippen molar-refractivity contribution >= 4 is 28.9 Å². The lowest BCUT2D eigenvalue weighted by Crippen LogP contribution is -2.22. The van der Waals surface area contributed by atoms with Crippen LogP contribution in [0.2, 0.25) is 0 Å². The molecule has 0 unspecified atom stereocenters. The zero-order valence-corrected chi connectivity index (χ0v) is 15.3. The van der Waals surface area contributed by atoms with Gasteiger partial charge in [0.05, 0.1) is 12.8 Å². The molecule has 0 aliphatic carbocycles. The van der Waals surface area contributed by atoms with Crippen molar-refractivity contribution in [3.8, 4) is 0 Å². The first kappa shape index (κ1) is 19.2. The Hall–Kier alpha value is -3.15. The van der Waals surface area contributed by atoms with Gasteiger partial charge in [-0.05, 0) is 36.8 Å². The fourth-order valence-electron chi connectivity index (χ4n) is 2.30. The van der Waals surface area contributed by atoms with E-state index in [4.69, 9.17) is 0 Å². The average molecular weight is 352 g/mol. The Balaban J connectivity index is 1.80. The van der Waals surface area contributed by atoms with Gasteiger partial charge < -0.3 is 10.2 Å². The van der Waals surface area contributed by atoms with Crippen LogP contribution in [0.1, 0.15) is 18.9 Å². The molecule has 6 heteroatoms. The molecule has 2 rings (SSSR count). The number of hydrogen-bond acceptors (Lipinski definition) is 4. The lowest BCUT2D eigenvalue weighted by atomic mass is 10.1. The van der Waals surface area contributed by atoms with E-state index < -0.39 is 0 Å². The summed E-state index contributed by atoms with van der Waals surface area (Å²) in [7, 11) is 3.92. The Morgan fingerprint density at radius 2 is 1.62 bits per heavy atom. The molecule has 0 fully saturated rings. The van der Waals surface area contributed by atoms with Crippen LogP contribution in [0.5, 0.6) is 0 Å². The van der Waals surface area contributed by atoms with Gasteiger partial charge in [0.1, 0.15) is 0 Å². The first-order chi connectivity index (χ1) is 12.4. The number of rotatable bonds is 7. The molecule has 0 saturated heterocycles. The van der Waals surface area contributed by atoms with Crippen LogP contribution in [0.4, 0.5) is 11.4 Å². The van der Waals surface area contributed by atoms with Crippen LogP contribution in [-0.4, -0.2) is 31.6 Å². The maximum Gasteiger partial charge on any atom is 0.244 e. The number of nitrogens with one attached hydrogen (secondary N) is 2. The summed E-state index contributed by atoms with van der Waals surface area (Å²) in [6.07, 6.45) is 0.364. The Morgan fingerprint density at radius 1 is 0.962 bits per heavy atom. The normalized spacial score (nSPS) is 11.0. The lowest BCUT2D eigenvalue weighted by Gasteiger charge is -2.13. The Bertz CT molecular complexity index is 768. The predicted octanol–water partition coefficient (Wildman–Crippen LogP) is 2.82. The maximum absolute atomic E-state index is 12.1. The highest BCUT2D eigenvalue weighted by Gasteiger charge is 2.06. The van der Waals surface area contributed by atoms with Crippen molar-refractivity contribution in [2.24, 2.45) is 5.10 Å². The topological polar surface area (TPSA) is 73.8 Å². The second-order valence-electron chi connectivity index (χ2n) is 6.21. The molecule has 6 nitrogen and oxygen atoms in total. The summed E-state index contributed by atoms with van der Waals surface area (Å²) in [6.45, 7) is 1.71. The van der Waals surface area contributed by atoms with Gasteiger partial charge in [0.2, 0.25) is 11.8 Å². The van der Waals surface area contributed by atoms with Crippen molar-refractivity contribution in [1.82, 2.24) is 5.43 Å². The number of amides is 2. The van der Waals surface area contributed by atoms with E-state index in [2.05, 4.69) is 15.8 Å². The SMILES string of the molecule is C/C(CC(=O)Nc1ccc(N(C)C)cc1)=N\NC(=O)Cc1ccccc1. The van der Waals surface area contributed by atoms with Gasteiger partial charge in [-0.15, -0.1) is 0 Å². The molecular formula is C20H24N4O2. The van der Waals surface area contributed by atoms with Gasteiger partial charge in [0.25, 0.3) is 0 Å². The van der Waals surface area contributed by atoms with Crippen LogP contribution in [0.25, 0.3) is 0 Å². The van der Waals surface area contributed by atoms with Gasteiger partial charge in [0, 0.05) is 31.2 Å². The van der Waals surface area contributed by atoms with E-state index in [1.807, 2.05) is 73.6 Å². The molecule has 0 heterocycles. The molecule has 0 atom stereocenters. The quantitative estimate of drug-likeness (QED) is 0.594. The molecule has 2 N–H and O–H groups in total. The van der Waals surface area contributed by atoms with Crippen molar-refractivity contribution in [2.75, 3.05) is 24.3 Å². The average Bonchev–Trinajstić information content (AvgIpc) is 2.61. The van der Waals surface area contributed by atoms with E-state index in [9.17, 15) is 9.59 Å². The van der Waals surface area contributed by atoms with E-state index in [0.717, 1.165) is 16.9 Å². The molecule has 0 spiro atoms. The number of benzene rings is 2. The molecule has 2 aromatic carbocycles. The Labute approximate surface area is 153 Å². The molecule has 136 valence electrons. The number of hydrazone groups is 1. The van der Waals surface area contributed by atoms with Gasteiger partial charge in [-0.25, -0.2) is 5.43 Å². The molecule has 2 amide bonds. The molecule has 0 radical (unpaired) electrons. The van der Waals surface area contributed by atoms with Crippen molar-refractivity contribution in [3.63, 3.8) is 0 Å². The highest BCUT2D eigenvalue weighted by molar-refractivity contribution is 6.05. The van der Waals surface area contributed by atoms with Gasteiger partial charge in [-0.3, -0.25) is 9.59 Å². The van der Waals surface area contributed by atoms with E-state index in [1.165, 1.54) is 0 Å². The van der Waals surface area contributed by atoms with E-state index in [1.54, 1.807) is 6.92 Å². The minimum atomic E-state index is -0.213. The highest BCUT2D eigenvalue weighted by atomic mass is 16.2. The van der Waals surface area contributed by atoms with Crippen molar-refractivity contribution < 1.29 is 9.59 Å². The summed E-state index contributed by atoms with van der Waals surface area (Å²) in [5.41, 5.74) is 5.71. The molecule has 26 heavy (non-hydrogen) atoms. The minimum absolute atomic E-state index is 0.112. The molecule has 0 saturated carbocycles. The van der Waals surface area contributed by atoms with Crippen LogP contribution in [0, 0.1) is 0 Å². The standard InChI is InChI=1S/C20H24N4O2/c1-15(22-23-20(26)14-16-7-5-4-6-8-16)13-19(25)21-17-9-11-18(12-10-17)24(2)3/h4-12H,13-14H2,1-3H3,(H,21,25)(H,23,26)/b22-15+. The monoisotopic (exact) mass is 352 g/mol. The van der Waals surface area contributed by atoms with Crippen molar-refractivity contribution in [3.05, 3.63) is 60.2 Å². The zero-order valence-electron chi connectivity index (χ0n) is 15.3. The van der Waals surface area contributed by atoms with Crippen LogP contribution in [0.15, 0.2) is 59.7 Å². The first-order valence-electron chi connectivity index (χ1n) is 8.37. The number of hydrogen-bond donors (Lipinski definition) is 2. The predicted molar refractivity (Wildman–Crippen MR) is 105 cm³/mol. The second-order valence-corrected chi connectivity index (χ2v) is 6.21. The number of carbonyl (C=O) groups excluding carboxylic acids is 2. The Morgan fingerprint density at radius 3 is 2.23 bits per heavy atom. The molecule has 0 aromatic heterocycles. The van der Waals surface area contributed by atoms with E-state index in [0.29, 0.717) is 5.71 Å². The van der Waals surface area contributed by atoms with Gasteiger partial charge in [0.15, 0.2) is 0 Å². The lowest BCUT2D eigenvalue weighted by molar-refractivity contribution is -0.120. The third-order valence-electron chi connectivity index (χ3n) is 3.66. The fraction of sp³-hybridized carbons (Fsp3) is 0.250. The first-order valence-corrected chi connectivity index (χ1v) is 8.37. The summed E-state index contributed by atoms with van der Waals surface area (Å²) >= 11 is 0. The zero-order chi connectivity index (χ0) is 18.9. The summed E-state index contributed by atoms with van der Waals surface area (Å²) in [5.74, 6) is -0.392. The molecule has 2 aromatic rings. The summed E-state index contributed by atoms with van der Waals surface area (Å²) < 4.78 is 0. The summed E-state index contributed by atoms with van der Waals surface area (Å²) in [5, 5.41) is 6.80. The van der Waals surface area contributed by atoms with Gasteiger partial charge in [-0.1, -0.05) is 30.3 Å². The molecular weight excluding hydrogens is 328 g/mol. The van der Waals surface area contributed by atoms with E-state index >= 15 is 0 Å². The third-order valence-corrected chi connectivity index (χ3v) is 3.66. The van der Waals surface area contributed by atoms with Gasteiger partial charge in [-0.2, -0.15) is 5.10 Å². The van der Waals surface area contributed by atoms with Gasteiger partial charge >= 0.3 is 0 Å². The van der Waals surface area contributed by atoms with Crippen LogP contribution >= 0.6 is 0 Å². The molecule has 0 aliphatic heterocycles. The largest absolute Gasteiger partial charge is 0.378 e. The molecule has 0 bridgehead atoms. The fourth-order valence-corrected chi connectivity index (χ4v) is 2.30. The smallest absolute Gasteiger partial charge is 0.244 e. The second kappa shape index (κ2) is 9.36. The van der Waals surface area contributed by atoms with Crippen LogP contribution in [0.3, 0.4) is 0 Å². The number of carbonyl (C=O) groups is 2. The number of nitrogens with zero attached hydrogens (tertiary/aromatic N) is 2. The van der Waals surface area contributed by atoms with E-state index in [-0.39, 0.29) is 24.7 Å². The minimum Gasteiger partial charge on any atom is -0.378 e. The van der Waals surface area contributed by atoms with Crippen molar-refractivity contribution in [2.45, 2.75) is 19.8 Å². The molecule has 0 aliphatic rings. The van der Waals surface area contributed by atoms with Crippen molar-refractivity contribution in [1.29, 1.82) is 0 Å². The highest BCUT2D eigenvalue weighted by Crippen LogP contribution is 2.15. The summed E-state index contributed by atoms with van der Waals surface area (Å²) in [4.78, 5) is 25.9. The van der Waals surface area contributed by atoms with Crippen LogP contribution in [-0.2, 0) is 16.0 Å². The third kappa shape index (κ3) is 6.39. The Kier molecular flexibility index (Phi) is 6.91. The van der Waals surface area contributed by atoms with Crippen LogP contribution < -0.4 is 15.6 Å². The maximum atomic E-state index is 12.1.